The third-order valence-corrected chi connectivity index (χ3v) is 3.39. The minimum Gasteiger partial charge on any atom is -0.380 e. The number of rotatable bonds is 3. The summed E-state index contributed by atoms with van der Waals surface area (Å²) in [5.74, 6) is -0.586. The number of nitrogens with one attached hydrogen (secondary N) is 1. The summed E-state index contributed by atoms with van der Waals surface area (Å²) in [7, 11) is 0. The SMILES string of the molecule is Fc1cccc(Cl)c1CNc1ccc(Cl)cc1C(F)(F)F. The monoisotopic (exact) mass is 337 g/mol. The van der Waals surface area contributed by atoms with Crippen molar-refractivity contribution in [3.05, 3.63) is 63.4 Å². The average Bonchev–Trinajstić information content (AvgIpc) is 2.38. The number of halogens is 6. The Labute approximate surface area is 128 Å². The van der Waals surface area contributed by atoms with E-state index in [4.69, 9.17) is 23.2 Å². The lowest BCUT2D eigenvalue weighted by Gasteiger charge is -2.15. The molecule has 0 atom stereocenters. The topological polar surface area (TPSA) is 12.0 Å². The first-order chi connectivity index (χ1) is 9.79. The van der Waals surface area contributed by atoms with E-state index in [1.807, 2.05) is 0 Å². The van der Waals surface area contributed by atoms with Crippen LogP contribution in [0.1, 0.15) is 11.1 Å². The first-order valence-electron chi connectivity index (χ1n) is 5.82. The lowest BCUT2D eigenvalue weighted by Crippen LogP contribution is -2.11. The molecule has 0 aromatic heterocycles. The summed E-state index contributed by atoms with van der Waals surface area (Å²) in [6, 6.07) is 7.41. The molecule has 0 unspecified atom stereocenters. The van der Waals surface area contributed by atoms with E-state index in [2.05, 4.69) is 5.32 Å². The van der Waals surface area contributed by atoms with Crippen LogP contribution in [0.4, 0.5) is 23.2 Å². The summed E-state index contributed by atoms with van der Waals surface area (Å²) >= 11 is 11.4. The molecule has 1 N–H and O–H groups in total. The summed E-state index contributed by atoms with van der Waals surface area (Å²) in [5.41, 5.74) is -1.00. The van der Waals surface area contributed by atoms with Gasteiger partial charge in [-0.3, -0.25) is 0 Å². The van der Waals surface area contributed by atoms with Crippen molar-refractivity contribution in [2.24, 2.45) is 0 Å². The van der Waals surface area contributed by atoms with Gasteiger partial charge in [-0.05, 0) is 30.3 Å². The van der Waals surface area contributed by atoms with Crippen molar-refractivity contribution >= 4 is 28.9 Å². The molecule has 2 aromatic carbocycles. The highest BCUT2D eigenvalue weighted by Crippen LogP contribution is 2.36. The minimum atomic E-state index is -4.56. The molecule has 2 aromatic rings. The molecule has 0 amide bonds. The molecule has 0 bridgehead atoms. The number of benzene rings is 2. The summed E-state index contributed by atoms with van der Waals surface area (Å²) in [6.07, 6.45) is -4.56. The van der Waals surface area contributed by atoms with Crippen molar-refractivity contribution < 1.29 is 17.6 Å². The Kier molecular flexibility index (Phi) is 4.64. The van der Waals surface area contributed by atoms with E-state index in [1.165, 1.54) is 30.3 Å². The van der Waals surface area contributed by atoms with Crippen LogP contribution < -0.4 is 5.32 Å². The van der Waals surface area contributed by atoms with Gasteiger partial charge < -0.3 is 5.32 Å². The number of hydrogen-bond acceptors (Lipinski definition) is 1. The summed E-state index contributed by atoms with van der Waals surface area (Å²) in [5, 5.41) is 2.65. The van der Waals surface area contributed by atoms with Crippen LogP contribution in [0, 0.1) is 5.82 Å². The molecule has 0 aliphatic heterocycles. The predicted octanol–water partition coefficient (Wildman–Crippen LogP) is 5.76. The van der Waals surface area contributed by atoms with Crippen LogP contribution in [0.5, 0.6) is 0 Å². The third kappa shape index (κ3) is 3.80. The Morgan fingerprint density at radius 1 is 1.05 bits per heavy atom. The Hall–Kier alpha value is -1.46. The van der Waals surface area contributed by atoms with Gasteiger partial charge in [0.25, 0.3) is 0 Å². The Morgan fingerprint density at radius 3 is 2.38 bits per heavy atom. The number of hydrogen-bond donors (Lipinski definition) is 1. The van der Waals surface area contributed by atoms with Crippen molar-refractivity contribution in [3.8, 4) is 0 Å². The van der Waals surface area contributed by atoms with Crippen LogP contribution in [0.2, 0.25) is 10.0 Å². The molecular weight excluding hydrogens is 329 g/mol. The van der Waals surface area contributed by atoms with Gasteiger partial charge in [0.2, 0.25) is 0 Å². The summed E-state index contributed by atoms with van der Waals surface area (Å²) in [6.45, 7) is -0.170. The molecule has 0 heterocycles. The van der Waals surface area contributed by atoms with E-state index in [9.17, 15) is 17.6 Å². The molecule has 21 heavy (non-hydrogen) atoms. The van der Waals surface area contributed by atoms with Gasteiger partial charge in [-0.15, -0.1) is 0 Å². The van der Waals surface area contributed by atoms with Gasteiger partial charge in [0.05, 0.1) is 5.56 Å². The van der Waals surface area contributed by atoms with E-state index < -0.39 is 17.6 Å². The lowest BCUT2D eigenvalue weighted by atomic mass is 10.1. The fraction of sp³-hybridized carbons (Fsp3) is 0.143. The van der Waals surface area contributed by atoms with Crippen LogP contribution in [-0.4, -0.2) is 0 Å². The Morgan fingerprint density at radius 2 is 1.76 bits per heavy atom. The highest BCUT2D eigenvalue weighted by molar-refractivity contribution is 6.31. The van der Waals surface area contributed by atoms with Gasteiger partial charge in [0.15, 0.2) is 0 Å². The molecule has 0 spiro atoms. The molecule has 2 rings (SSSR count). The zero-order chi connectivity index (χ0) is 15.6. The van der Waals surface area contributed by atoms with Crippen LogP contribution in [0.25, 0.3) is 0 Å². The van der Waals surface area contributed by atoms with E-state index in [0.29, 0.717) is 0 Å². The molecule has 1 nitrogen and oxygen atoms in total. The van der Waals surface area contributed by atoms with Gasteiger partial charge >= 0.3 is 6.18 Å². The molecule has 0 saturated heterocycles. The summed E-state index contributed by atoms with van der Waals surface area (Å²) < 4.78 is 52.3. The fourth-order valence-electron chi connectivity index (χ4n) is 1.79. The van der Waals surface area contributed by atoms with Gasteiger partial charge in [-0.2, -0.15) is 13.2 Å². The maximum absolute atomic E-state index is 13.6. The van der Waals surface area contributed by atoms with E-state index in [1.54, 1.807) is 0 Å². The summed E-state index contributed by atoms with van der Waals surface area (Å²) in [4.78, 5) is 0. The zero-order valence-electron chi connectivity index (χ0n) is 10.4. The van der Waals surface area contributed by atoms with E-state index in [-0.39, 0.29) is 27.8 Å². The molecule has 0 fully saturated rings. The number of anilines is 1. The zero-order valence-corrected chi connectivity index (χ0v) is 12.0. The molecule has 7 heteroatoms. The molecule has 0 radical (unpaired) electrons. The second-order valence-electron chi connectivity index (χ2n) is 4.24. The number of alkyl halides is 3. The second-order valence-corrected chi connectivity index (χ2v) is 5.09. The third-order valence-electron chi connectivity index (χ3n) is 2.80. The van der Waals surface area contributed by atoms with Crippen LogP contribution in [0.3, 0.4) is 0 Å². The van der Waals surface area contributed by atoms with E-state index in [0.717, 1.165) is 6.07 Å². The highest BCUT2D eigenvalue weighted by atomic mass is 35.5. The lowest BCUT2D eigenvalue weighted by molar-refractivity contribution is -0.136. The molecule has 112 valence electrons. The van der Waals surface area contributed by atoms with Crippen molar-refractivity contribution in [3.63, 3.8) is 0 Å². The van der Waals surface area contributed by atoms with Gasteiger partial charge in [0, 0.05) is 27.8 Å². The highest BCUT2D eigenvalue weighted by Gasteiger charge is 2.33. The van der Waals surface area contributed by atoms with E-state index >= 15 is 0 Å². The van der Waals surface area contributed by atoms with Crippen LogP contribution in [0.15, 0.2) is 36.4 Å². The molecular formula is C14H9Cl2F4N. The molecule has 0 aliphatic rings. The van der Waals surface area contributed by atoms with Gasteiger partial charge in [-0.25, -0.2) is 4.39 Å². The maximum atomic E-state index is 13.6. The fourth-order valence-corrected chi connectivity index (χ4v) is 2.19. The predicted molar refractivity (Wildman–Crippen MR) is 75.2 cm³/mol. The van der Waals surface area contributed by atoms with Crippen molar-refractivity contribution in [1.82, 2.24) is 0 Å². The van der Waals surface area contributed by atoms with Crippen LogP contribution in [-0.2, 0) is 12.7 Å². The largest absolute Gasteiger partial charge is 0.418 e. The van der Waals surface area contributed by atoms with Crippen molar-refractivity contribution in [2.45, 2.75) is 12.7 Å². The Bertz CT molecular complexity index is 636. The minimum absolute atomic E-state index is 0.0307. The van der Waals surface area contributed by atoms with Crippen molar-refractivity contribution in [1.29, 1.82) is 0 Å². The normalized spacial score (nSPS) is 11.5. The Balaban J connectivity index is 2.29. The first kappa shape index (κ1) is 15.9. The quantitative estimate of drug-likeness (QED) is 0.701. The second kappa shape index (κ2) is 6.12. The smallest absolute Gasteiger partial charge is 0.380 e. The van der Waals surface area contributed by atoms with Gasteiger partial charge in [-0.1, -0.05) is 29.3 Å². The maximum Gasteiger partial charge on any atom is 0.418 e. The molecule has 0 aliphatic carbocycles. The first-order valence-corrected chi connectivity index (χ1v) is 6.58. The standard InChI is InChI=1S/C14H9Cl2F4N/c15-8-4-5-13(10(6-8)14(18,19)20)21-7-9-11(16)2-1-3-12(9)17/h1-6,21H,7H2. The van der Waals surface area contributed by atoms with Gasteiger partial charge in [0.1, 0.15) is 5.82 Å². The van der Waals surface area contributed by atoms with Crippen LogP contribution >= 0.6 is 23.2 Å². The average molecular weight is 338 g/mol. The molecule has 0 saturated carbocycles. The van der Waals surface area contributed by atoms with Crippen molar-refractivity contribution in [2.75, 3.05) is 5.32 Å².